The van der Waals surface area contributed by atoms with Crippen LogP contribution in [0, 0.1) is 0 Å². The number of rotatable bonds is 3. The second kappa shape index (κ2) is 5.08. The van der Waals surface area contributed by atoms with Crippen LogP contribution in [0.2, 0.25) is 5.02 Å². The van der Waals surface area contributed by atoms with E-state index in [0.717, 1.165) is 36.7 Å². The van der Waals surface area contributed by atoms with Crippen molar-refractivity contribution in [2.45, 2.75) is 31.4 Å². The fraction of sp³-hybridized carbons (Fsp3) is 0.571. The Morgan fingerprint density at radius 1 is 1.44 bits per heavy atom. The molecule has 0 saturated carbocycles. The van der Waals surface area contributed by atoms with Gasteiger partial charge in [0, 0.05) is 24.0 Å². The summed E-state index contributed by atoms with van der Waals surface area (Å²) in [5.74, 6) is 0.962. The monoisotopic (exact) mass is 267 g/mol. The summed E-state index contributed by atoms with van der Waals surface area (Å²) in [5.41, 5.74) is 1.20. The van der Waals surface area contributed by atoms with Gasteiger partial charge in [0.25, 0.3) is 0 Å². The van der Waals surface area contributed by atoms with E-state index >= 15 is 0 Å². The maximum Gasteiger partial charge on any atom is 0.123 e. The van der Waals surface area contributed by atoms with Crippen LogP contribution in [0.15, 0.2) is 18.2 Å². The predicted octanol–water partition coefficient (Wildman–Crippen LogP) is 2.10. The molecule has 0 aromatic heterocycles. The smallest absolute Gasteiger partial charge is 0.123 e. The summed E-state index contributed by atoms with van der Waals surface area (Å²) < 4.78 is 5.93. The van der Waals surface area contributed by atoms with Crippen molar-refractivity contribution < 1.29 is 9.84 Å². The third-order valence-corrected chi connectivity index (χ3v) is 4.15. The van der Waals surface area contributed by atoms with Crippen molar-refractivity contribution in [2.75, 3.05) is 19.7 Å². The second-order valence-electron chi connectivity index (χ2n) is 5.17. The molecule has 4 heteroatoms. The predicted molar refractivity (Wildman–Crippen MR) is 71.3 cm³/mol. The van der Waals surface area contributed by atoms with E-state index in [9.17, 15) is 5.11 Å². The largest absolute Gasteiger partial charge is 0.488 e. The minimum atomic E-state index is 0.200. The van der Waals surface area contributed by atoms with E-state index in [1.165, 1.54) is 12.0 Å². The zero-order valence-corrected chi connectivity index (χ0v) is 11.1. The van der Waals surface area contributed by atoms with E-state index in [-0.39, 0.29) is 12.7 Å². The molecular weight excluding hydrogens is 250 g/mol. The topological polar surface area (TPSA) is 32.7 Å². The summed E-state index contributed by atoms with van der Waals surface area (Å²) in [6.07, 6.45) is 3.40. The molecule has 2 atom stereocenters. The van der Waals surface area contributed by atoms with Crippen molar-refractivity contribution in [3.05, 3.63) is 28.8 Å². The fourth-order valence-corrected chi connectivity index (χ4v) is 3.19. The van der Waals surface area contributed by atoms with Crippen LogP contribution in [-0.2, 0) is 6.42 Å². The van der Waals surface area contributed by atoms with Gasteiger partial charge in [-0.05, 0) is 43.1 Å². The average molecular weight is 268 g/mol. The normalized spacial score (nSPS) is 27.2. The Kier molecular flexibility index (Phi) is 3.46. The molecule has 0 amide bonds. The summed E-state index contributed by atoms with van der Waals surface area (Å²) in [6.45, 7) is 2.23. The first kappa shape index (κ1) is 12.3. The lowest BCUT2D eigenvalue weighted by atomic mass is 10.1. The highest BCUT2D eigenvalue weighted by Crippen LogP contribution is 2.32. The Labute approximate surface area is 112 Å². The molecule has 1 unspecified atom stereocenters. The van der Waals surface area contributed by atoms with E-state index in [4.69, 9.17) is 16.3 Å². The molecule has 1 aromatic carbocycles. The zero-order chi connectivity index (χ0) is 12.5. The third kappa shape index (κ3) is 2.35. The van der Waals surface area contributed by atoms with E-state index in [1.807, 2.05) is 18.2 Å². The van der Waals surface area contributed by atoms with Crippen LogP contribution in [0.25, 0.3) is 0 Å². The van der Waals surface area contributed by atoms with E-state index in [0.29, 0.717) is 6.04 Å². The van der Waals surface area contributed by atoms with Crippen molar-refractivity contribution in [3.63, 3.8) is 0 Å². The Balaban J connectivity index is 1.64. The van der Waals surface area contributed by atoms with Gasteiger partial charge in [-0.25, -0.2) is 0 Å². The number of ether oxygens (including phenoxy) is 1. The van der Waals surface area contributed by atoms with Crippen molar-refractivity contribution in [3.8, 4) is 5.75 Å². The quantitative estimate of drug-likeness (QED) is 0.910. The summed E-state index contributed by atoms with van der Waals surface area (Å²) >= 11 is 5.99. The Hall–Kier alpha value is -0.770. The number of likely N-dealkylation sites (tertiary alicyclic amines) is 1. The van der Waals surface area contributed by atoms with E-state index < -0.39 is 0 Å². The van der Waals surface area contributed by atoms with E-state index in [2.05, 4.69) is 4.90 Å². The number of hydrogen-bond donors (Lipinski definition) is 1. The number of aliphatic hydroxyl groups is 1. The number of nitrogens with zero attached hydrogens (tertiary/aromatic N) is 1. The standard InChI is InChI=1S/C14H18ClNO2/c15-11-3-4-14-10(6-11)7-13(18-14)8-16-5-1-2-12(16)9-17/h3-4,6,12-13,17H,1-2,5,7-9H2/t12-,13?/m1/s1. The molecule has 3 nitrogen and oxygen atoms in total. The maximum atomic E-state index is 9.32. The van der Waals surface area contributed by atoms with Crippen LogP contribution in [0.1, 0.15) is 18.4 Å². The van der Waals surface area contributed by atoms with Crippen LogP contribution in [0.4, 0.5) is 0 Å². The molecule has 0 radical (unpaired) electrons. The van der Waals surface area contributed by atoms with Gasteiger partial charge in [0.1, 0.15) is 11.9 Å². The number of aliphatic hydroxyl groups excluding tert-OH is 1. The van der Waals surface area contributed by atoms with Gasteiger partial charge in [0.2, 0.25) is 0 Å². The lowest BCUT2D eigenvalue weighted by molar-refractivity contribution is 0.109. The molecule has 1 fully saturated rings. The fourth-order valence-electron chi connectivity index (χ4n) is 2.99. The molecule has 1 aromatic rings. The van der Waals surface area contributed by atoms with Crippen LogP contribution in [0.5, 0.6) is 5.75 Å². The van der Waals surface area contributed by atoms with Gasteiger partial charge in [-0.3, -0.25) is 4.90 Å². The number of halogens is 1. The molecule has 1 N–H and O–H groups in total. The lowest BCUT2D eigenvalue weighted by Gasteiger charge is -2.25. The first-order valence-corrected chi connectivity index (χ1v) is 6.94. The van der Waals surface area contributed by atoms with Crippen LogP contribution in [0.3, 0.4) is 0 Å². The van der Waals surface area contributed by atoms with Crippen molar-refractivity contribution >= 4 is 11.6 Å². The number of fused-ring (bicyclic) bond motifs is 1. The van der Waals surface area contributed by atoms with Gasteiger partial charge in [0.15, 0.2) is 0 Å². The molecule has 3 rings (SSSR count). The van der Waals surface area contributed by atoms with E-state index in [1.54, 1.807) is 0 Å². The van der Waals surface area contributed by atoms with Crippen LogP contribution >= 0.6 is 11.6 Å². The highest BCUT2D eigenvalue weighted by Gasteiger charge is 2.30. The van der Waals surface area contributed by atoms with Crippen molar-refractivity contribution in [1.29, 1.82) is 0 Å². The summed E-state index contributed by atoms with van der Waals surface area (Å²) in [6, 6.07) is 6.13. The maximum absolute atomic E-state index is 9.32. The molecule has 98 valence electrons. The van der Waals surface area contributed by atoms with Gasteiger partial charge in [-0.1, -0.05) is 11.6 Å². The molecule has 18 heavy (non-hydrogen) atoms. The molecule has 2 heterocycles. The van der Waals surface area contributed by atoms with Gasteiger partial charge >= 0.3 is 0 Å². The van der Waals surface area contributed by atoms with Crippen molar-refractivity contribution in [2.24, 2.45) is 0 Å². The first-order chi connectivity index (χ1) is 8.76. The van der Waals surface area contributed by atoms with Crippen LogP contribution < -0.4 is 4.74 Å². The first-order valence-electron chi connectivity index (χ1n) is 6.56. The summed E-state index contributed by atoms with van der Waals surface area (Å²) in [7, 11) is 0. The van der Waals surface area contributed by atoms with Gasteiger partial charge in [-0.2, -0.15) is 0 Å². The van der Waals surface area contributed by atoms with Crippen LogP contribution in [-0.4, -0.2) is 41.8 Å². The SMILES string of the molecule is OC[C@H]1CCCN1CC1Cc2cc(Cl)ccc2O1. The second-order valence-corrected chi connectivity index (χ2v) is 5.61. The molecule has 0 spiro atoms. The highest BCUT2D eigenvalue weighted by atomic mass is 35.5. The highest BCUT2D eigenvalue weighted by molar-refractivity contribution is 6.30. The minimum Gasteiger partial charge on any atom is -0.488 e. The van der Waals surface area contributed by atoms with Gasteiger partial charge in [0.05, 0.1) is 6.61 Å². The number of hydrogen-bond acceptors (Lipinski definition) is 3. The molecular formula is C14H18ClNO2. The molecule has 0 bridgehead atoms. The average Bonchev–Trinajstić information content (AvgIpc) is 2.94. The Morgan fingerprint density at radius 2 is 2.33 bits per heavy atom. The molecule has 2 aliphatic heterocycles. The van der Waals surface area contributed by atoms with Gasteiger partial charge < -0.3 is 9.84 Å². The minimum absolute atomic E-state index is 0.200. The van der Waals surface area contributed by atoms with Gasteiger partial charge in [-0.15, -0.1) is 0 Å². The van der Waals surface area contributed by atoms with Crippen molar-refractivity contribution in [1.82, 2.24) is 4.90 Å². The summed E-state index contributed by atoms with van der Waals surface area (Å²) in [5, 5.41) is 10.1. The third-order valence-electron chi connectivity index (χ3n) is 3.91. The Bertz CT molecular complexity index is 438. The zero-order valence-electron chi connectivity index (χ0n) is 10.3. The number of benzene rings is 1. The molecule has 2 aliphatic rings. The molecule has 0 aliphatic carbocycles. The lowest BCUT2D eigenvalue weighted by Crippen LogP contribution is -2.39. The molecule has 1 saturated heterocycles. The Morgan fingerprint density at radius 3 is 3.17 bits per heavy atom. The summed E-state index contributed by atoms with van der Waals surface area (Å²) in [4.78, 5) is 2.35.